The standard InChI is InChI=1S/C19H22Cl2O5S/c1-2-3-11-27(23,24)26-17-16(14-8-7-13(20)12-15(14)21)18(22)25-19(17)9-5-4-6-10-19/h7-8,12H,2-6,9-11H2,1H3. The largest absolute Gasteiger partial charge is 0.447 e. The first-order valence-electron chi connectivity index (χ1n) is 9.14. The molecule has 3 rings (SSSR count). The highest BCUT2D eigenvalue weighted by molar-refractivity contribution is 7.86. The molecule has 0 bridgehead atoms. The molecule has 0 atom stereocenters. The van der Waals surface area contributed by atoms with E-state index in [9.17, 15) is 13.2 Å². The van der Waals surface area contributed by atoms with E-state index in [1.165, 1.54) is 6.07 Å². The molecule has 1 spiro atoms. The summed E-state index contributed by atoms with van der Waals surface area (Å²) in [7, 11) is -3.85. The molecule has 0 radical (unpaired) electrons. The Morgan fingerprint density at radius 1 is 1.19 bits per heavy atom. The van der Waals surface area contributed by atoms with Gasteiger partial charge in [0.1, 0.15) is 5.57 Å². The van der Waals surface area contributed by atoms with Crippen LogP contribution in [0, 0.1) is 0 Å². The molecule has 0 N–H and O–H groups in total. The maximum absolute atomic E-state index is 12.7. The molecule has 1 aromatic carbocycles. The van der Waals surface area contributed by atoms with Crippen molar-refractivity contribution in [3.63, 3.8) is 0 Å². The van der Waals surface area contributed by atoms with Crippen LogP contribution in [-0.2, 0) is 23.8 Å². The topological polar surface area (TPSA) is 69.7 Å². The molecule has 27 heavy (non-hydrogen) atoms. The average molecular weight is 433 g/mol. The van der Waals surface area contributed by atoms with Gasteiger partial charge in [-0.1, -0.05) is 49.0 Å². The second-order valence-electron chi connectivity index (χ2n) is 6.97. The lowest BCUT2D eigenvalue weighted by Gasteiger charge is -2.33. The molecular weight excluding hydrogens is 411 g/mol. The molecule has 148 valence electrons. The molecule has 1 heterocycles. The Kier molecular flexibility index (Phi) is 6.08. The molecule has 1 aliphatic heterocycles. The Morgan fingerprint density at radius 3 is 2.52 bits per heavy atom. The van der Waals surface area contributed by atoms with E-state index in [4.69, 9.17) is 32.1 Å². The molecule has 1 aliphatic carbocycles. The normalized spacial score (nSPS) is 19.4. The molecule has 1 aromatic rings. The lowest BCUT2D eigenvalue weighted by atomic mass is 9.82. The van der Waals surface area contributed by atoms with E-state index in [-0.39, 0.29) is 22.1 Å². The van der Waals surface area contributed by atoms with Crippen molar-refractivity contribution in [3.8, 4) is 0 Å². The maximum atomic E-state index is 12.7. The summed E-state index contributed by atoms with van der Waals surface area (Å²) in [6.07, 6.45) is 4.93. The summed E-state index contributed by atoms with van der Waals surface area (Å²) < 4.78 is 36.3. The number of benzene rings is 1. The Labute approximate surface area is 169 Å². The summed E-state index contributed by atoms with van der Waals surface area (Å²) in [5.41, 5.74) is -0.583. The van der Waals surface area contributed by atoms with Crippen LogP contribution in [0.15, 0.2) is 24.0 Å². The number of carbonyl (C=O) groups excluding carboxylic acids is 1. The van der Waals surface area contributed by atoms with Gasteiger partial charge in [-0.2, -0.15) is 8.42 Å². The third-order valence-corrected chi connectivity index (χ3v) is 6.71. The third-order valence-electron chi connectivity index (χ3n) is 4.95. The third kappa shape index (κ3) is 4.28. The SMILES string of the molecule is CCCCS(=O)(=O)OC1=C(c2ccc(Cl)cc2Cl)C(=O)OC12CCCCC2. The van der Waals surface area contributed by atoms with Crippen molar-refractivity contribution in [2.75, 3.05) is 5.75 Å². The number of ether oxygens (including phenoxy) is 1. The van der Waals surface area contributed by atoms with Gasteiger partial charge in [0, 0.05) is 10.6 Å². The van der Waals surface area contributed by atoms with E-state index in [0.717, 1.165) is 25.7 Å². The summed E-state index contributed by atoms with van der Waals surface area (Å²) in [4.78, 5) is 12.7. The first kappa shape index (κ1) is 20.5. The van der Waals surface area contributed by atoms with E-state index < -0.39 is 21.7 Å². The second-order valence-corrected chi connectivity index (χ2v) is 9.51. The quantitative estimate of drug-likeness (QED) is 0.461. The molecule has 1 saturated carbocycles. The van der Waals surface area contributed by atoms with Gasteiger partial charge in [-0.3, -0.25) is 0 Å². The minimum absolute atomic E-state index is 0.0764. The fourth-order valence-electron chi connectivity index (χ4n) is 3.58. The van der Waals surface area contributed by atoms with Crippen molar-refractivity contribution in [2.45, 2.75) is 57.5 Å². The summed E-state index contributed by atoms with van der Waals surface area (Å²) in [6, 6.07) is 4.69. The molecule has 0 saturated heterocycles. The van der Waals surface area contributed by atoms with Crippen molar-refractivity contribution in [1.29, 1.82) is 0 Å². The van der Waals surface area contributed by atoms with E-state index >= 15 is 0 Å². The monoisotopic (exact) mass is 432 g/mol. The fraction of sp³-hybridized carbons (Fsp3) is 0.526. The number of halogens is 2. The maximum Gasteiger partial charge on any atom is 0.343 e. The smallest absolute Gasteiger partial charge is 0.343 e. The van der Waals surface area contributed by atoms with Crippen LogP contribution in [0.1, 0.15) is 57.4 Å². The van der Waals surface area contributed by atoms with Gasteiger partial charge in [-0.15, -0.1) is 0 Å². The zero-order valence-electron chi connectivity index (χ0n) is 15.1. The highest BCUT2D eigenvalue weighted by atomic mass is 35.5. The van der Waals surface area contributed by atoms with Crippen LogP contribution in [0.2, 0.25) is 10.0 Å². The minimum Gasteiger partial charge on any atom is -0.447 e. The van der Waals surface area contributed by atoms with Gasteiger partial charge < -0.3 is 8.92 Å². The number of unbranched alkanes of at least 4 members (excludes halogenated alkanes) is 1. The molecule has 0 amide bonds. The summed E-state index contributed by atoms with van der Waals surface area (Å²) in [5, 5.41) is 0.662. The van der Waals surface area contributed by atoms with Crippen LogP contribution >= 0.6 is 23.2 Å². The lowest BCUT2D eigenvalue weighted by Crippen LogP contribution is -2.36. The van der Waals surface area contributed by atoms with Crippen LogP contribution in [0.4, 0.5) is 0 Å². The number of hydrogen-bond acceptors (Lipinski definition) is 5. The van der Waals surface area contributed by atoms with Gasteiger partial charge in [0.15, 0.2) is 11.4 Å². The summed E-state index contributed by atoms with van der Waals surface area (Å²) in [5.74, 6) is -0.645. The Morgan fingerprint density at radius 2 is 1.89 bits per heavy atom. The molecular formula is C19H22Cl2O5S. The van der Waals surface area contributed by atoms with Gasteiger partial charge >= 0.3 is 16.1 Å². The van der Waals surface area contributed by atoms with Gasteiger partial charge in [-0.25, -0.2) is 4.79 Å². The molecule has 8 heteroatoms. The molecule has 0 aromatic heterocycles. The Hall–Kier alpha value is -1.24. The number of rotatable bonds is 6. The van der Waals surface area contributed by atoms with Gasteiger partial charge in [0.2, 0.25) is 0 Å². The zero-order valence-corrected chi connectivity index (χ0v) is 17.4. The molecule has 1 fully saturated rings. The van der Waals surface area contributed by atoms with E-state index in [1.54, 1.807) is 12.1 Å². The van der Waals surface area contributed by atoms with Crippen molar-refractivity contribution >= 4 is 44.9 Å². The van der Waals surface area contributed by atoms with Gasteiger partial charge in [-0.05, 0) is 44.2 Å². The first-order valence-corrected chi connectivity index (χ1v) is 11.5. The fourth-order valence-corrected chi connectivity index (χ4v) is 5.30. The molecule has 2 aliphatic rings. The van der Waals surface area contributed by atoms with Crippen LogP contribution in [0.25, 0.3) is 5.57 Å². The molecule has 5 nitrogen and oxygen atoms in total. The second kappa shape index (κ2) is 8.02. The van der Waals surface area contributed by atoms with Crippen molar-refractivity contribution < 1.29 is 22.1 Å². The van der Waals surface area contributed by atoms with Crippen LogP contribution in [-0.4, -0.2) is 25.7 Å². The van der Waals surface area contributed by atoms with Crippen LogP contribution in [0.3, 0.4) is 0 Å². The molecule has 0 unspecified atom stereocenters. The average Bonchev–Trinajstić information content (AvgIpc) is 2.85. The minimum atomic E-state index is -3.85. The van der Waals surface area contributed by atoms with E-state index in [2.05, 4.69) is 0 Å². The predicted octanol–water partition coefficient (Wildman–Crippen LogP) is 5.11. The Balaban J connectivity index is 2.12. The van der Waals surface area contributed by atoms with Crippen LogP contribution < -0.4 is 0 Å². The highest BCUT2D eigenvalue weighted by Crippen LogP contribution is 2.48. The Bertz CT molecular complexity index is 870. The zero-order chi connectivity index (χ0) is 19.7. The lowest BCUT2D eigenvalue weighted by molar-refractivity contribution is -0.149. The van der Waals surface area contributed by atoms with Crippen molar-refractivity contribution in [2.24, 2.45) is 0 Å². The van der Waals surface area contributed by atoms with Crippen molar-refractivity contribution in [1.82, 2.24) is 0 Å². The predicted molar refractivity (Wildman–Crippen MR) is 105 cm³/mol. The van der Waals surface area contributed by atoms with Crippen molar-refractivity contribution in [3.05, 3.63) is 39.6 Å². The summed E-state index contributed by atoms with van der Waals surface area (Å²) >= 11 is 12.2. The number of esters is 1. The van der Waals surface area contributed by atoms with Crippen LogP contribution in [0.5, 0.6) is 0 Å². The number of carbonyl (C=O) groups is 1. The first-order chi connectivity index (χ1) is 12.8. The van der Waals surface area contributed by atoms with E-state index in [1.807, 2.05) is 6.92 Å². The summed E-state index contributed by atoms with van der Waals surface area (Å²) in [6.45, 7) is 1.90. The number of hydrogen-bond donors (Lipinski definition) is 0. The van der Waals surface area contributed by atoms with Gasteiger partial charge in [0.25, 0.3) is 0 Å². The van der Waals surface area contributed by atoms with Gasteiger partial charge in [0.05, 0.1) is 10.8 Å². The highest BCUT2D eigenvalue weighted by Gasteiger charge is 2.52. The van der Waals surface area contributed by atoms with E-state index in [0.29, 0.717) is 29.8 Å².